The van der Waals surface area contributed by atoms with Gasteiger partial charge in [0.15, 0.2) is 5.76 Å². The third-order valence-electron chi connectivity index (χ3n) is 7.36. The number of anilines is 1. The predicted octanol–water partition coefficient (Wildman–Crippen LogP) is 5.19. The largest absolute Gasteiger partial charge is 0.451 e. The number of nitrogens with one attached hydrogen (secondary N) is 2. The third kappa shape index (κ3) is 7.22. The van der Waals surface area contributed by atoms with Crippen LogP contribution in [0.15, 0.2) is 47.0 Å². The second-order valence-corrected chi connectivity index (χ2v) is 9.75. The van der Waals surface area contributed by atoms with Gasteiger partial charge in [-0.25, -0.2) is 0 Å². The Morgan fingerprint density at radius 1 is 1.07 bits per heavy atom. The first-order chi connectivity index (χ1) is 18.1. The maximum atomic E-state index is 12.4. The molecule has 2 aromatic carbocycles. The molecule has 2 aromatic heterocycles. The number of amides is 1. The molecule has 4 aromatic rings. The van der Waals surface area contributed by atoms with Gasteiger partial charge in [-0.15, -0.1) is 37.2 Å². The van der Waals surface area contributed by atoms with E-state index < -0.39 is 0 Å². The van der Waals surface area contributed by atoms with Gasteiger partial charge in [0.25, 0.3) is 5.91 Å². The maximum absolute atomic E-state index is 12.4. The molecule has 1 amide bonds. The number of hydrogen-bond acceptors (Lipinski definition) is 6. The average Bonchev–Trinajstić information content (AvgIpc) is 3.49. The fourth-order valence-electron chi connectivity index (χ4n) is 5.22. The number of carbonyl (C=O) groups excluding carboxylic acids is 1. The number of aryl methyl sites for hydroxylation is 2. The zero-order valence-electron chi connectivity index (χ0n) is 22.6. The van der Waals surface area contributed by atoms with Crippen molar-refractivity contribution in [3.05, 3.63) is 65.0 Å². The number of benzene rings is 2. The zero-order chi connectivity index (χ0) is 25.8. The van der Waals surface area contributed by atoms with Gasteiger partial charge in [0.2, 0.25) is 0 Å². The number of nitriles is 1. The van der Waals surface area contributed by atoms with Gasteiger partial charge in [-0.05, 0) is 74.7 Å². The van der Waals surface area contributed by atoms with E-state index in [1.807, 2.05) is 31.2 Å². The summed E-state index contributed by atoms with van der Waals surface area (Å²) in [5.74, 6) is 0.148. The molecule has 1 fully saturated rings. The molecule has 1 aliphatic heterocycles. The molecule has 1 aliphatic rings. The molecule has 0 spiro atoms. The normalized spacial score (nSPS) is 13.3. The monoisotopic (exact) mass is 606 g/mol. The van der Waals surface area contributed by atoms with Crippen LogP contribution in [0.25, 0.3) is 21.9 Å². The van der Waals surface area contributed by atoms with Crippen LogP contribution in [0.1, 0.15) is 40.1 Å². The fraction of sp³-hybridized carbons (Fsp3) is 0.379. The number of halogens is 3. The highest BCUT2D eigenvalue weighted by molar-refractivity contribution is 5.99. The van der Waals surface area contributed by atoms with Gasteiger partial charge in [-0.1, -0.05) is 0 Å². The molecular weight excluding hydrogens is 571 g/mol. The number of carbonyl (C=O) groups is 1. The summed E-state index contributed by atoms with van der Waals surface area (Å²) in [7, 11) is 0. The maximum Gasteiger partial charge on any atom is 0.287 e. The zero-order valence-corrected chi connectivity index (χ0v) is 25.0. The smallest absolute Gasteiger partial charge is 0.287 e. The number of aromatic amines is 1. The standard InChI is InChI=1S/C29H34N6O2.3ClH/c1-20-24-17-23(6-8-27(24)37-28(20)29(36)32-10-9-30)35-14-12-34(13-15-35)11-3-2-4-22-19-33-26-7-5-21(18-31)16-25(22)26;;;/h5-8,16-17,19,33H,2-4,9-15,30H2,1H3,(H,32,36);3*1H. The van der Waals surface area contributed by atoms with Crippen molar-refractivity contribution in [2.75, 3.05) is 50.7 Å². The van der Waals surface area contributed by atoms with Crippen LogP contribution in [0.4, 0.5) is 5.69 Å². The Morgan fingerprint density at radius 3 is 2.58 bits per heavy atom. The van der Waals surface area contributed by atoms with Gasteiger partial charge in [0.1, 0.15) is 5.58 Å². The van der Waals surface area contributed by atoms with Gasteiger partial charge in [0.05, 0.1) is 11.6 Å². The first-order valence-corrected chi connectivity index (χ1v) is 13.1. The van der Waals surface area contributed by atoms with E-state index >= 15 is 0 Å². The molecule has 8 nitrogen and oxygen atoms in total. The van der Waals surface area contributed by atoms with Crippen molar-refractivity contribution in [1.82, 2.24) is 15.2 Å². The number of piperazine rings is 1. The van der Waals surface area contributed by atoms with Crippen LogP contribution in [0, 0.1) is 18.3 Å². The Kier molecular flexibility index (Phi) is 12.6. The lowest BCUT2D eigenvalue weighted by Gasteiger charge is -2.36. The molecule has 0 atom stereocenters. The topological polar surface area (TPSA) is 114 Å². The quantitative estimate of drug-likeness (QED) is 0.226. The van der Waals surface area contributed by atoms with E-state index in [-0.39, 0.29) is 43.1 Å². The summed E-state index contributed by atoms with van der Waals surface area (Å²) in [6.07, 6.45) is 5.38. The molecule has 5 rings (SSSR count). The van der Waals surface area contributed by atoms with Gasteiger partial charge in [0, 0.05) is 73.0 Å². The Balaban J connectivity index is 0.00000187. The van der Waals surface area contributed by atoms with E-state index in [9.17, 15) is 10.1 Å². The number of rotatable bonds is 9. The van der Waals surface area contributed by atoms with Crippen LogP contribution in [0.5, 0.6) is 0 Å². The summed E-state index contributed by atoms with van der Waals surface area (Å²) in [6, 6.07) is 14.3. The highest BCUT2D eigenvalue weighted by Crippen LogP contribution is 2.30. The first-order valence-electron chi connectivity index (χ1n) is 13.1. The molecule has 0 bridgehead atoms. The van der Waals surface area contributed by atoms with Crippen molar-refractivity contribution < 1.29 is 9.21 Å². The van der Waals surface area contributed by atoms with Crippen LogP contribution < -0.4 is 16.0 Å². The summed E-state index contributed by atoms with van der Waals surface area (Å²) < 4.78 is 5.84. The van der Waals surface area contributed by atoms with Crippen LogP contribution >= 0.6 is 37.2 Å². The molecule has 0 aliphatic carbocycles. The first kappa shape index (κ1) is 33.3. The summed E-state index contributed by atoms with van der Waals surface area (Å²) in [5, 5.41) is 14.1. The minimum Gasteiger partial charge on any atom is -0.451 e. The van der Waals surface area contributed by atoms with Crippen molar-refractivity contribution in [3.63, 3.8) is 0 Å². The Labute approximate surface area is 253 Å². The number of unbranched alkanes of at least 4 members (excludes halogenated alkanes) is 1. The van der Waals surface area contributed by atoms with E-state index in [0.29, 0.717) is 24.4 Å². The number of furan rings is 1. The molecule has 0 radical (unpaired) electrons. The number of nitrogens with zero attached hydrogens (tertiary/aromatic N) is 3. The van der Waals surface area contributed by atoms with Gasteiger partial charge >= 0.3 is 0 Å². The fourth-order valence-corrected chi connectivity index (χ4v) is 5.22. The molecule has 40 heavy (non-hydrogen) atoms. The summed E-state index contributed by atoms with van der Waals surface area (Å²) in [6.45, 7) is 7.88. The lowest BCUT2D eigenvalue weighted by atomic mass is 10.0. The molecule has 1 saturated heterocycles. The molecule has 4 N–H and O–H groups in total. The van der Waals surface area contributed by atoms with Crippen molar-refractivity contribution in [2.45, 2.75) is 26.2 Å². The van der Waals surface area contributed by atoms with Gasteiger partial charge in [-0.3, -0.25) is 9.69 Å². The Hall–Kier alpha value is -2.93. The van der Waals surface area contributed by atoms with E-state index in [1.54, 1.807) is 0 Å². The lowest BCUT2D eigenvalue weighted by molar-refractivity contribution is 0.0928. The summed E-state index contributed by atoms with van der Waals surface area (Å²) >= 11 is 0. The van der Waals surface area contributed by atoms with Crippen LogP contribution in [0.3, 0.4) is 0 Å². The molecular formula is C29H37Cl3N6O2. The number of aromatic nitrogens is 1. The summed E-state index contributed by atoms with van der Waals surface area (Å²) in [5.41, 5.74) is 11.4. The van der Waals surface area contributed by atoms with E-state index in [2.05, 4.69) is 44.5 Å². The van der Waals surface area contributed by atoms with E-state index in [1.165, 1.54) is 16.6 Å². The SMILES string of the molecule is Cc1c(C(=O)NCCN)oc2ccc(N3CCN(CCCCc4c[nH]c5ccc(C#N)cc45)CC3)cc12.Cl.Cl.Cl. The Morgan fingerprint density at radius 2 is 1.85 bits per heavy atom. The van der Waals surface area contributed by atoms with Crippen molar-refractivity contribution in [1.29, 1.82) is 5.26 Å². The second-order valence-electron chi connectivity index (χ2n) is 9.75. The van der Waals surface area contributed by atoms with Crippen molar-refractivity contribution in [2.24, 2.45) is 5.73 Å². The van der Waals surface area contributed by atoms with Crippen molar-refractivity contribution >= 4 is 70.7 Å². The number of fused-ring (bicyclic) bond motifs is 2. The third-order valence-corrected chi connectivity index (χ3v) is 7.36. The molecule has 0 saturated carbocycles. The number of nitrogens with two attached hydrogens (primary N) is 1. The van der Waals surface area contributed by atoms with Crippen LogP contribution in [0.2, 0.25) is 0 Å². The minimum absolute atomic E-state index is 0. The number of hydrogen-bond donors (Lipinski definition) is 3. The van der Waals surface area contributed by atoms with Crippen LogP contribution in [-0.4, -0.2) is 61.6 Å². The predicted molar refractivity (Wildman–Crippen MR) is 169 cm³/mol. The average molecular weight is 608 g/mol. The van der Waals surface area contributed by atoms with Crippen LogP contribution in [-0.2, 0) is 6.42 Å². The number of H-pyrrole nitrogens is 1. The Bertz CT molecular complexity index is 1450. The highest BCUT2D eigenvalue weighted by atomic mass is 35.5. The molecule has 216 valence electrons. The molecule has 11 heteroatoms. The van der Waals surface area contributed by atoms with E-state index in [0.717, 1.165) is 74.0 Å². The molecule has 0 unspecified atom stereocenters. The molecule has 3 heterocycles. The lowest BCUT2D eigenvalue weighted by Crippen LogP contribution is -2.46. The van der Waals surface area contributed by atoms with Crippen molar-refractivity contribution in [3.8, 4) is 6.07 Å². The minimum atomic E-state index is -0.217. The van der Waals surface area contributed by atoms with Gasteiger partial charge in [-0.2, -0.15) is 5.26 Å². The van der Waals surface area contributed by atoms with Gasteiger partial charge < -0.3 is 25.4 Å². The second kappa shape index (κ2) is 15.2. The summed E-state index contributed by atoms with van der Waals surface area (Å²) in [4.78, 5) is 20.7. The van der Waals surface area contributed by atoms with E-state index in [4.69, 9.17) is 10.2 Å². The highest BCUT2D eigenvalue weighted by Gasteiger charge is 2.21.